The topological polar surface area (TPSA) is 109 Å². The highest BCUT2D eigenvalue weighted by molar-refractivity contribution is 6.24. The van der Waals surface area contributed by atoms with Crippen LogP contribution in [0.4, 0.5) is 5.69 Å². The van der Waals surface area contributed by atoms with Gasteiger partial charge in [-0.1, -0.05) is 36.4 Å². The number of carbonyl (C=O) groups excluding carboxylic acids is 4. The highest BCUT2D eigenvalue weighted by Gasteiger charge is 2.46. The molecule has 178 valence electrons. The summed E-state index contributed by atoms with van der Waals surface area (Å²) in [6.07, 6.45) is 2.56. The van der Waals surface area contributed by atoms with Crippen LogP contribution in [0, 0.1) is 6.92 Å². The lowest BCUT2D eigenvalue weighted by Crippen LogP contribution is -2.55. The molecule has 1 aromatic heterocycles. The third-order valence-corrected chi connectivity index (χ3v) is 5.61. The Morgan fingerprint density at radius 1 is 1.09 bits per heavy atom. The van der Waals surface area contributed by atoms with E-state index in [4.69, 9.17) is 4.74 Å². The van der Waals surface area contributed by atoms with Gasteiger partial charge in [0.1, 0.15) is 11.8 Å². The van der Waals surface area contributed by atoms with Crippen LogP contribution in [0.15, 0.2) is 73.1 Å². The third kappa shape index (κ3) is 5.03. The van der Waals surface area contributed by atoms with Crippen LogP contribution in [0.25, 0.3) is 0 Å². The normalized spacial score (nSPS) is 15.1. The second-order valence-corrected chi connectivity index (χ2v) is 8.07. The number of hydrogen-bond acceptors (Lipinski definition) is 6. The van der Waals surface area contributed by atoms with Gasteiger partial charge >= 0.3 is 0 Å². The second-order valence-electron chi connectivity index (χ2n) is 8.07. The average Bonchev–Trinajstić information content (AvgIpc) is 3.16. The quantitative estimate of drug-likeness (QED) is 0.436. The molecule has 0 saturated carbocycles. The average molecular weight is 473 g/mol. The van der Waals surface area contributed by atoms with Crippen LogP contribution in [0.5, 0.6) is 5.75 Å². The lowest BCUT2D eigenvalue weighted by molar-refractivity contribution is -0.128. The summed E-state index contributed by atoms with van der Waals surface area (Å²) >= 11 is 0. The first-order chi connectivity index (χ1) is 16.9. The zero-order valence-electron chi connectivity index (χ0n) is 19.3. The summed E-state index contributed by atoms with van der Waals surface area (Å²) in [4.78, 5) is 57.6. The molecule has 4 rings (SSSR count). The van der Waals surface area contributed by atoms with E-state index < -0.39 is 29.7 Å². The van der Waals surface area contributed by atoms with Gasteiger partial charge in [-0.3, -0.25) is 29.6 Å². The second kappa shape index (κ2) is 10.2. The molecule has 2 aromatic carbocycles. The molecule has 9 heteroatoms. The molecule has 0 bridgehead atoms. The number of hydrazine groups is 1. The van der Waals surface area contributed by atoms with E-state index in [9.17, 15) is 19.2 Å². The van der Waals surface area contributed by atoms with Gasteiger partial charge in [0.05, 0.1) is 25.6 Å². The van der Waals surface area contributed by atoms with E-state index in [1.165, 1.54) is 31.6 Å². The molecule has 1 saturated heterocycles. The van der Waals surface area contributed by atoms with Gasteiger partial charge in [0, 0.05) is 18.0 Å². The number of aromatic nitrogens is 1. The molecular formula is C26H24N4O5. The monoisotopic (exact) mass is 472 g/mol. The summed E-state index contributed by atoms with van der Waals surface area (Å²) in [5.41, 5.74) is 4.63. The van der Waals surface area contributed by atoms with Gasteiger partial charge in [0.2, 0.25) is 11.8 Å². The van der Waals surface area contributed by atoms with E-state index in [1.807, 2.05) is 13.0 Å². The SMILES string of the molecule is COc1ccc(C)cc1N1C(=O)CC(N(NC(=O)Cc2ccccc2)C(=O)c2ccncc2)C1=O. The maximum Gasteiger partial charge on any atom is 0.273 e. The molecule has 4 amide bonds. The fourth-order valence-electron chi connectivity index (χ4n) is 3.90. The van der Waals surface area contributed by atoms with Crippen molar-refractivity contribution in [1.82, 2.24) is 15.4 Å². The number of rotatable bonds is 6. The minimum Gasteiger partial charge on any atom is -0.495 e. The minimum atomic E-state index is -1.23. The molecule has 1 atom stereocenters. The molecule has 1 N–H and O–H groups in total. The van der Waals surface area contributed by atoms with Crippen molar-refractivity contribution in [2.45, 2.75) is 25.8 Å². The molecule has 0 aliphatic carbocycles. The van der Waals surface area contributed by atoms with Crippen LogP contribution in [0.1, 0.15) is 27.9 Å². The number of nitrogens with zero attached hydrogens (tertiary/aromatic N) is 3. The van der Waals surface area contributed by atoms with Gasteiger partial charge in [0.15, 0.2) is 0 Å². The van der Waals surface area contributed by atoms with E-state index in [1.54, 1.807) is 42.5 Å². The number of aryl methyl sites for hydroxylation is 1. The van der Waals surface area contributed by atoms with Crippen molar-refractivity contribution in [2.75, 3.05) is 12.0 Å². The molecule has 35 heavy (non-hydrogen) atoms. The van der Waals surface area contributed by atoms with Crippen molar-refractivity contribution in [3.05, 3.63) is 89.7 Å². The standard InChI is InChI=1S/C26H24N4O5/c1-17-8-9-22(35-2)20(14-17)29-24(32)16-21(26(29)34)30(25(33)19-10-12-27-13-11-19)28-23(31)15-18-6-4-3-5-7-18/h3-14,21H,15-16H2,1-2H3,(H,28,31). The number of carbonyl (C=O) groups is 4. The van der Waals surface area contributed by atoms with Gasteiger partial charge in [0.25, 0.3) is 11.8 Å². The Hall–Kier alpha value is -4.53. The first kappa shape index (κ1) is 23.6. The summed E-state index contributed by atoms with van der Waals surface area (Å²) in [6.45, 7) is 1.83. The largest absolute Gasteiger partial charge is 0.495 e. The lowest BCUT2D eigenvalue weighted by atomic mass is 10.1. The highest BCUT2D eigenvalue weighted by atomic mass is 16.5. The molecule has 9 nitrogen and oxygen atoms in total. The van der Waals surface area contributed by atoms with Crippen molar-refractivity contribution < 1.29 is 23.9 Å². The fraction of sp³-hybridized carbons (Fsp3) is 0.192. The Bertz CT molecular complexity index is 1260. The molecule has 0 spiro atoms. The number of amides is 4. The van der Waals surface area contributed by atoms with E-state index in [0.717, 1.165) is 21.0 Å². The molecule has 1 aliphatic rings. The zero-order chi connectivity index (χ0) is 24.9. The van der Waals surface area contributed by atoms with Crippen LogP contribution in [-0.4, -0.2) is 46.8 Å². The minimum absolute atomic E-state index is 0.00869. The predicted octanol–water partition coefficient (Wildman–Crippen LogP) is 2.45. The third-order valence-electron chi connectivity index (χ3n) is 5.61. The lowest BCUT2D eigenvalue weighted by Gasteiger charge is -2.28. The van der Waals surface area contributed by atoms with Crippen molar-refractivity contribution in [3.8, 4) is 5.75 Å². The summed E-state index contributed by atoms with van der Waals surface area (Å²) in [5, 5.41) is 0.948. The Morgan fingerprint density at radius 2 is 1.80 bits per heavy atom. The molecule has 0 radical (unpaired) electrons. The van der Waals surface area contributed by atoms with Gasteiger partial charge in [-0.25, -0.2) is 9.91 Å². The number of ether oxygens (including phenoxy) is 1. The number of benzene rings is 2. The molecule has 1 fully saturated rings. The van der Waals surface area contributed by atoms with Crippen LogP contribution >= 0.6 is 0 Å². The maximum absolute atomic E-state index is 13.5. The highest BCUT2D eigenvalue weighted by Crippen LogP contribution is 2.34. The van der Waals surface area contributed by atoms with Crippen molar-refractivity contribution in [3.63, 3.8) is 0 Å². The van der Waals surface area contributed by atoms with Crippen LogP contribution in [0.3, 0.4) is 0 Å². The Kier molecular flexibility index (Phi) is 6.86. The fourth-order valence-corrected chi connectivity index (χ4v) is 3.90. The smallest absolute Gasteiger partial charge is 0.273 e. The molecule has 1 aliphatic heterocycles. The molecule has 2 heterocycles. The van der Waals surface area contributed by atoms with Crippen LogP contribution in [0.2, 0.25) is 0 Å². The van der Waals surface area contributed by atoms with Crippen LogP contribution < -0.4 is 15.1 Å². The molecular weight excluding hydrogens is 448 g/mol. The predicted molar refractivity (Wildman–Crippen MR) is 127 cm³/mol. The Labute approximate surface area is 202 Å². The van der Waals surface area contributed by atoms with E-state index in [-0.39, 0.29) is 24.1 Å². The van der Waals surface area contributed by atoms with E-state index >= 15 is 0 Å². The van der Waals surface area contributed by atoms with E-state index in [2.05, 4.69) is 10.4 Å². The van der Waals surface area contributed by atoms with Crippen molar-refractivity contribution >= 4 is 29.3 Å². The van der Waals surface area contributed by atoms with Crippen molar-refractivity contribution in [1.29, 1.82) is 0 Å². The maximum atomic E-state index is 13.5. The Morgan fingerprint density at radius 3 is 2.49 bits per heavy atom. The number of imide groups is 1. The number of hydrogen-bond donors (Lipinski definition) is 1. The first-order valence-corrected chi connectivity index (χ1v) is 11.0. The number of methoxy groups -OCH3 is 1. The summed E-state index contributed by atoms with van der Waals surface area (Å²) < 4.78 is 5.35. The van der Waals surface area contributed by atoms with Gasteiger partial charge in [-0.2, -0.15) is 0 Å². The van der Waals surface area contributed by atoms with Gasteiger partial charge in [-0.15, -0.1) is 0 Å². The molecule has 3 aromatic rings. The first-order valence-electron chi connectivity index (χ1n) is 11.0. The number of anilines is 1. The summed E-state index contributed by atoms with van der Waals surface area (Å²) in [6, 6.07) is 15.8. The Balaban J connectivity index is 1.66. The number of nitrogens with one attached hydrogen (secondary N) is 1. The summed E-state index contributed by atoms with van der Waals surface area (Å²) in [5.74, 6) is -1.92. The number of pyridine rings is 1. The zero-order valence-corrected chi connectivity index (χ0v) is 19.3. The van der Waals surface area contributed by atoms with Gasteiger partial charge < -0.3 is 4.74 Å². The summed E-state index contributed by atoms with van der Waals surface area (Å²) in [7, 11) is 1.44. The van der Waals surface area contributed by atoms with Gasteiger partial charge in [-0.05, 0) is 42.3 Å². The molecule has 1 unspecified atom stereocenters. The van der Waals surface area contributed by atoms with Crippen LogP contribution in [-0.2, 0) is 20.8 Å². The van der Waals surface area contributed by atoms with E-state index in [0.29, 0.717) is 5.75 Å². The van der Waals surface area contributed by atoms with Crippen molar-refractivity contribution in [2.24, 2.45) is 0 Å².